The maximum absolute atomic E-state index is 9.73. The van der Waals surface area contributed by atoms with Gasteiger partial charge in [0.05, 0.1) is 5.69 Å². The van der Waals surface area contributed by atoms with E-state index in [9.17, 15) is 5.11 Å². The van der Waals surface area contributed by atoms with Crippen LogP contribution in [0.3, 0.4) is 0 Å². The molecule has 114 valence electrons. The van der Waals surface area contributed by atoms with Crippen LogP contribution in [0.5, 0.6) is 5.75 Å². The van der Waals surface area contributed by atoms with Crippen LogP contribution < -0.4 is 4.90 Å². The third-order valence-electron chi connectivity index (χ3n) is 4.29. The lowest BCUT2D eigenvalue weighted by atomic mass is 9.99. The topological polar surface area (TPSA) is 35.8 Å². The SMILES string of the molecule is CC1CCN(c2ccc(N=Cc3ccccc3O)cc2)CC1. The molecule has 0 spiro atoms. The van der Waals surface area contributed by atoms with Gasteiger partial charge in [-0.15, -0.1) is 0 Å². The molecule has 0 unspecified atom stereocenters. The molecular weight excluding hydrogens is 272 g/mol. The van der Waals surface area contributed by atoms with Crippen LogP contribution in [0, 0.1) is 5.92 Å². The Hall–Kier alpha value is -2.29. The van der Waals surface area contributed by atoms with Crippen molar-refractivity contribution in [1.82, 2.24) is 0 Å². The van der Waals surface area contributed by atoms with Crippen molar-refractivity contribution in [3.05, 3.63) is 54.1 Å². The van der Waals surface area contributed by atoms with Crippen LogP contribution in [-0.2, 0) is 0 Å². The van der Waals surface area contributed by atoms with Crippen molar-refractivity contribution in [3.63, 3.8) is 0 Å². The highest BCUT2D eigenvalue weighted by molar-refractivity contribution is 5.85. The van der Waals surface area contributed by atoms with Crippen LogP contribution in [0.1, 0.15) is 25.3 Å². The van der Waals surface area contributed by atoms with E-state index in [1.165, 1.54) is 18.5 Å². The molecule has 0 atom stereocenters. The Kier molecular flexibility index (Phi) is 4.42. The fourth-order valence-corrected chi connectivity index (χ4v) is 2.76. The average Bonchev–Trinajstić information content (AvgIpc) is 2.55. The minimum atomic E-state index is 0.255. The first-order chi connectivity index (χ1) is 10.7. The second kappa shape index (κ2) is 6.65. The number of benzene rings is 2. The lowest BCUT2D eigenvalue weighted by Gasteiger charge is -2.32. The van der Waals surface area contributed by atoms with Gasteiger partial charge in [-0.2, -0.15) is 0 Å². The van der Waals surface area contributed by atoms with Gasteiger partial charge in [0.2, 0.25) is 0 Å². The van der Waals surface area contributed by atoms with E-state index >= 15 is 0 Å². The minimum absolute atomic E-state index is 0.255. The van der Waals surface area contributed by atoms with Gasteiger partial charge in [-0.3, -0.25) is 4.99 Å². The fraction of sp³-hybridized carbons (Fsp3) is 0.316. The molecule has 3 nitrogen and oxygen atoms in total. The summed E-state index contributed by atoms with van der Waals surface area (Å²) >= 11 is 0. The van der Waals surface area contributed by atoms with Gasteiger partial charge in [0.15, 0.2) is 0 Å². The van der Waals surface area contributed by atoms with Gasteiger partial charge in [-0.25, -0.2) is 0 Å². The van der Waals surface area contributed by atoms with Gasteiger partial charge in [-0.1, -0.05) is 19.1 Å². The number of rotatable bonds is 3. The van der Waals surface area contributed by atoms with Crippen LogP contribution in [0.15, 0.2) is 53.5 Å². The van der Waals surface area contributed by atoms with Gasteiger partial charge in [0.1, 0.15) is 5.75 Å². The summed E-state index contributed by atoms with van der Waals surface area (Å²) in [5.41, 5.74) is 2.90. The van der Waals surface area contributed by atoms with Crippen LogP contribution in [0.4, 0.5) is 11.4 Å². The smallest absolute Gasteiger partial charge is 0.124 e. The quantitative estimate of drug-likeness (QED) is 0.853. The zero-order chi connectivity index (χ0) is 15.4. The number of anilines is 1. The molecule has 0 aromatic heterocycles. The van der Waals surface area contributed by atoms with Crippen molar-refractivity contribution in [2.75, 3.05) is 18.0 Å². The number of phenolic OH excluding ortho intramolecular Hbond substituents is 1. The van der Waals surface area contributed by atoms with E-state index in [0.29, 0.717) is 0 Å². The summed E-state index contributed by atoms with van der Waals surface area (Å²) in [5.74, 6) is 1.10. The van der Waals surface area contributed by atoms with E-state index < -0.39 is 0 Å². The highest BCUT2D eigenvalue weighted by atomic mass is 16.3. The first-order valence-electron chi connectivity index (χ1n) is 7.89. The van der Waals surface area contributed by atoms with Crippen molar-refractivity contribution in [2.24, 2.45) is 10.9 Å². The molecule has 2 aromatic carbocycles. The van der Waals surface area contributed by atoms with Crippen LogP contribution in [0.25, 0.3) is 0 Å². The summed E-state index contributed by atoms with van der Waals surface area (Å²) in [5, 5.41) is 9.73. The molecular formula is C19H22N2O. The summed E-state index contributed by atoms with van der Waals surface area (Å²) < 4.78 is 0. The van der Waals surface area contributed by atoms with Crippen molar-refractivity contribution in [1.29, 1.82) is 0 Å². The van der Waals surface area contributed by atoms with Gasteiger partial charge in [-0.05, 0) is 55.2 Å². The summed E-state index contributed by atoms with van der Waals surface area (Å²) in [6.45, 7) is 4.61. The number of nitrogens with zero attached hydrogens (tertiary/aromatic N) is 2. The first-order valence-corrected chi connectivity index (χ1v) is 7.89. The molecule has 0 aliphatic carbocycles. The molecule has 1 aliphatic rings. The molecule has 1 saturated heterocycles. The largest absolute Gasteiger partial charge is 0.507 e. The molecule has 0 saturated carbocycles. The maximum Gasteiger partial charge on any atom is 0.124 e. The molecule has 0 radical (unpaired) electrons. The lowest BCUT2D eigenvalue weighted by Crippen LogP contribution is -2.32. The Morgan fingerprint density at radius 1 is 1.05 bits per heavy atom. The maximum atomic E-state index is 9.73. The first kappa shape index (κ1) is 14.6. The van der Waals surface area contributed by atoms with E-state index in [0.717, 1.165) is 30.3 Å². The highest BCUT2D eigenvalue weighted by Crippen LogP contribution is 2.25. The second-order valence-corrected chi connectivity index (χ2v) is 6.00. The normalized spacial score (nSPS) is 16.3. The number of phenols is 1. The number of aromatic hydroxyl groups is 1. The fourth-order valence-electron chi connectivity index (χ4n) is 2.76. The predicted molar refractivity (Wildman–Crippen MR) is 92.4 cm³/mol. The molecule has 1 heterocycles. The molecule has 3 rings (SSSR count). The van der Waals surface area contributed by atoms with Crippen LogP contribution >= 0.6 is 0 Å². The molecule has 1 N–H and O–H groups in total. The van der Waals surface area contributed by atoms with Crippen molar-refractivity contribution < 1.29 is 5.11 Å². The van der Waals surface area contributed by atoms with E-state index in [4.69, 9.17) is 0 Å². The number of hydrogen-bond donors (Lipinski definition) is 1. The summed E-state index contributed by atoms with van der Waals surface area (Å²) in [4.78, 5) is 6.87. The summed E-state index contributed by atoms with van der Waals surface area (Å²) in [6.07, 6.45) is 4.24. The highest BCUT2D eigenvalue weighted by Gasteiger charge is 2.15. The standard InChI is InChI=1S/C19H22N2O/c1-15-10-12-21(13-11-15)18-8-6-17(7-9-18)20-14-16-4-2-3-5-19(16)22/h2-9,14-15,22H,10-13H2,1H3. The van der Waals surface area contributed by atoms with Gasteiger partial charge in [0, 0.05) is 30.6 Å². The van der Waals surface area contributed by atoms with Crippen LogP contribution in [-0.4, -0.2) is 24.4 Å². The Balaban J connectivity index is 1.68. The van der Waals surface area contributed by atoms with E-state index in [1.54, 1.807) is 18.3 Å². The van der Waals surface area contributed by atoms with Crippen LogP contribution in [0.2, 0.25) is 0 Å². The van der Waals surface area contributed by atoms with Crippen molar-refractivity contribution in [2.45, 2.75) is 19.8 Å². The molecule has 1 fully saturated rings. The molecule has 0 bridgehead atoms. The minimum Gasteiger partial charge on any atom is -0.507 e. The van der Waals surface area contributed by atoms with Gasteiger partial charge < -0.3 is 10.0 Å². The Morgan fingerprint density at radius 2 is 1.73 bits per heavy atom. The Labute approximate surface area is 131 Å². The lowest BCUT2D eigenvalue weighted by molar-refractivity contribution is 0.438. The number of para-hydroxylation sites is 1. The zero-order valence-corrected chi connectivity index (χ0v) is 12.9. The summed E-state index contributed by atoms with van der Waals surface area (Å²) in [7, 11) is 0. The number of hydrogen-bond acceptors (Lipinski definition) is 3. The van der Waals surface area contributed by atoms with Crippen molar-refractivity contribution >= 4 is 17.6 Å². The molecule has 22 heavy (non-hydrogen) atoms. The zero-order valence-electron chi connectivity index (χ0n) is 12.9. The third-order valence-corrected chi connectivity index (χ3v) is 4.29. The monoisotopic (exact) mass is 294 g/mol. The van der Waals surface area contributed by atoms with Crippen molar-refractivity contribution in [3.8, 4) is 5.75 Å². The van der Waals surface area contributed by atoms with Gasteiger partial charge >= 0.3 is 0 Å². The summed E-state index contributed by atoms with van der Waals surface area (Å²) in [6, 6.07) is 15.5. The predicted octanol–water partition coefficient (Wildman–Crippen LogP) is 4.38. The molecule has 0 amide bonds. The Bertz CT molecular complexity index is 641. The molecule has 3 heteroatoms. The second-order valence-electron chi connectivity index (χ2n) is 6.00. The van der Waals surface area contributed by atoms with E-state index in [2.05, 4.69) is 28.9 Å². The van der Waals surface area contributed by atoms with E-state index in [1.807, 2.05) is 24.3 Å². The number of aliphatic imine (C=N–C) groups is 1. The Morgan fingerprint density at radius 3 is 2.41 bits per heavy atom. The molecule has 2 aromatic rings. The van der Waals surface area contributed by atoms with Gasteiger partial charge in [0.25, 0.3) is 0 Å². The third kappa shape index (κ3) is 3.48. The average molecular weight is 294 g/mol. The van der Waals surface area contributed by atoms with E-state index in [-0.39, 0.29) is 5.75 Å². The molecule has 1 aliphatic heterocycles. The number of piperidine rings is 1.